The van der Waals surface area contributed by atoms with E-state index in [9.17, 15) is 29.4 Å². The van der Waals surface area contributed by atoms with Crippen molar-refractivity contribution in [1.82, 2.24) is 49.0 Å². The largest absolute Gasteiger partial charge is 0.458 e. The first-order valence-electron chi connectivity index (χ1n) is 27.2. The predicted molar refractivity (Wildman–Crippen MR) is 310 cm³/mol. The lowest BCUT2D eigenvalue weighted by atomic mass is 9.86. The van der Waals surface area contributed by atoms with Crippen LogP contribution >= 0.6 is 15.9 Å². The number of nitrogens with zero attached hydrogens (tertiary/aromatic N) is 9. The smallest absolute Gasteiger partial charge is 0.343 e. The van der Waals surface area contributed by atoms with Gasteiger partial charge in [0, 0.05) is 61.0 Å². The van der Waals surface area contributed by atoms with Gasteiger partial charge in [-0.3, -0.25) is 19.4 Å². The Morgan fingerprint density at radius 1 is 0.658 bits per heavy atom. The molecule has 6 aromatic heterocycles. The van der Waals surface area contributed by atoms with Gasteiger partial charge >= 0.3 is 11.9 Å². The minimum atomic E-state index is -1.83. The highest BCUT2D eigenvalue weighted by atomic mass is 79.9. The Hall–Kier alpha value is -6.79. The van der Waals surface area contributed by atoms with E-state index in [4.69, 9.17) is 19.4 Å². The van der Waals surface area contributed by atoms with Gasteiger partial charge in [0.2, 0.25) is 0 Å². The summed E-state index contributed by atoms with van der Waals surface area (Å²) in [4.78, 5) is 69.8. The molecule has 0 saturated heterocycles. The average molecular weight is 1170 g/mol. The second-order valence-corrected chi connectivity index (χ2v) is 34.1. The van der Waals surface area contributed by atoms with Gasteiger partial charge in [-0.05, 0) is 73.9 Å². The van der Waals surface area contributed by atoms with Gasteiger partial charge in [-0.1, -0.05) is 117 Å². The Morgan fingerprint density at radius 3 is 1.57 bits per heavy atom. The summed E-state index contributed by atoms with van der Waals surface area (Å²) in [6.45, 7) is 14.7. The van der Waals surface area contributed by atoms with Crippen LogP contribution in [0.3, 0.4) is 0 Å². The van der Waals surface area contributed by atoms with Crippen LogP contribution in [0.1, 0.15) is 84.0 Å². The highest BCUT2D eigenvalue weighted by Crippen LogP contribution is 2.43. The number of aliphatic hydroxyl groups is 2. The third-order valence-electron chi connectivity index (χ3n) is 16.6. The summed E-state index contributed by atoms with van der Waals surface area (Å²) < 4.78 is 15.8. The number of aromatic nitrogens is 10. The molecule has 18 nitrogen and oxygen atoms in total. The first-order chi connectivity index (χ1) is 37.9. The first-order valence-corrected chi connectivity index (χ1v) is 35.2. The van der Waals surface area contributed by atoms with Crippen molar-refractivity contribution in [3.63, 3.8) is 0 Å². The molecular formula is C58H67BrN10O8Si2. The molecule has 0 saturated carbocycles. The maximum atomic E-state index is 13.6. The van der Waals surface area contributed by atoms with Crippen molar-refractivity contribution in [1.29, 1.82) is 0 Å². The van der Waals surface area contributed by atoms with Gasteiger partial charge in [0.05, 0.1) is 58.0 Å². The molecule has 0 unspecified atom stereocenters. The maximum absolute atomic E-state index is 13.6. The fraction of sp³-hybridized carbons (Fsp3) is 0.414. The van der Waals surface area contributed by atoms with Crippen LogP contribution in [0.25, 0.3) is 44.6 Å². The number of rotatable bonds is 15. The van der Waals surface area contributed by atoms with E-state index in [-0.39, 0.29) is 37.2 Å². The third-order valence-corrected chi connectivity index (χ3v) is 23.7. The van der Waals surface area contributed by atoms with Crippen LogP contribution in [-0.4, -0.2) is 92.7 Å². The van der Waals surface area contributed by atoms with Gasteiger partial charge in [0.15, 0.2) is 11.2 Å². The van der Waals surface area contributed by atoms with Crippen LogP contribution in [-0.2, 0) is 76.0 Å². The summed E-state index contributed by atoms with van der Waals surface area (Å²) in [5.41, 5.74) is 6.69. The molecule has 12 rings (SSSR count). The molecule has 21 heteroatoms. The number of para-hydroxylation sites is 2. The van der Waals surface area contributed by atoms with Gasteiger partial charge in [-0.2, -0.15) is 10.2 Å². The molecular weight excluding hydrogens is 1100 g/mol. The number of cyclic esters (lactones) is 2. The number of alkyl halides is 1. The summed E-state index contributed by atoms with van der Waals surface area (Å²) in [5.74, 6) is -1.40. The number of carbonyl (C=O) groups is 2. The van der Waals surface area contributed by atoms with E-state index in [1.807, 2.05) is 41.1 Å². The lowest BCUT2D eigenvalue weighted by Crippen LogP contribution is -2.44. The molecule has 0 spiro atoms. The number of esters is 2. The van der Waals surface area contributed by atoms with Crippen LogP contribution in [0.2, 0.25) is 50.4 Å². The number of hydrogen-bond acceptors (Lipinski definition) is 14. The fourth-order valence-electron chi connectivity index (χ4n) is 11.8. The monoisotopic (exact) mass is 1170 g/mol. The molecule has 412 valence electrons. The van der Waals surface area contributed by atoms with Crippen LogP contribution < -0.4 is 11.1 Å². The van der Waals surface area contributed by atoms with E-state index in [0.717, 1.165) is 81.5 Å². The van der Waals surface area contributed by atoms with Gasteiger partial charge in [0.25, 0.3) is 11.1 Å². The number of fused-ring (bicyclic) bond motifs is 10. The lowest BCUT2D eigenvalue weighted by molar-refractivity contribution is -0.172. The Kier molecular flexibility index (Phi) is 15.7. The number of hydrogen-bond donors (Lipinski definition) is 3. The normalized spacial score (nSPS) is 17.8. The molecule has 0 fully saturated rings. The van der Waals surface area contributed by atoms with E-state index in [1.54, 1.807) is 47.8 Å². The SMILES string of the molecule is CC[C@@]1(O)C(=O)OCc2c1cc1n(c2=O)Cc2c-1nc1ccccc1c2CC[Si](C)(C)CCCBr.CC[C@@]1(O)C(=O)OCc2c1cc1n(c2=O)Cc2c-1nc1ccccc1c2CC[Si](C)(C)CCCn1cncn1.c1nc[nH]n1. The number of H-pyrrole nitrogens is 1. The Balaban J connectivity index is 0.000000164. The fourth-order valence-corrected chi connectivity index (χ4v) is 17.2. The topological polar surface area (TPSA) is 235 Å². The van der Waals surface area contributed by atoms with Crippen LogP contribution in [0.15, 0.2) is 95.6 Å². The zero-order valence-corrected chi connectivity index (χ0v) is 49.2. The molecule has 10 heterocycles. The van der Waals surface area contributed by atoms with Crippen molar-refractivity contribution in [2.24, 2.45) is 0 Å². The standard InChI is InChI=1S/C29H33N5O4Si.C27H31BrN2O4Si.C2H3N3/c1-4-29(37)23-14-25-26-21(15-34(25)27(35)22(23)16-38-28(29)36)19(20-8-5-6-9-24(20)32-26)10-13-39(2,3)12-7-11-33-18-30-17-31-33;1-4-27(33)21-14-23-24-19(15-30(23)25(31)20(21)16-34-26(27)32)17(10-13-35(2,3)12-7-11-28)18-8-5-6-9-22(18)29-24;1-3-2-5-4-1/h5-6,8-9,14,17-18,37H,4,7,10-13,15-16H2,1-3H3;5-6,8-9,14,33H,4,7,10-13,15-16H2,1-3H3;1-2H,(H,3,4,5)/t29-;27-;/m00./s1. The molecule has 8 aromatic rings. The maximum Gasteiger partial charge on any atom is 0.343 e. The van der Waals surface area contributed by atoms with Crippen LogP contribution in [0, 0.1) is 0 Å². The summed E-state index contributed by atoms with van der Waals surface area (Å²) >= 11 is 3.57. The highest BCUT2D eigenvalue weighted by Gasteiger charge is 2.47. The second-order valence-electron chi connectivity index (χ2n) is 22.6. The molecule has 79 heavy (non-hydrogen) atoms. The van der Waals surface area contributed by atoms with Crippen molar-refractivity contribution >= 4 is 65.8 Å². The average Bonchev–Trinajstić information content (AvgIpc) is 4.51. The summed E-state index contributed by atoms with van der Waals surface area (Å²) in [7, 11) is -2.90. The van der Waals surface area contributed by atoms with E-state index in [1.165, 1.54) is 48.3 Å². The number of ether oxygens (including phenoxy) is 2. The molecule has 4 aliphatic rings. The molecule has 3 N–H and O–H groups in total. The molecule has 0 aliphatic carbocycles. The second kappa shape index (κ2) is 22.4. The first kappa shape index (κ1) is 55.5. The van der Waals surface area contributed by atoms with Crippen LogP contribution in [0.4, 0.5) is 0 Å². The van der Waals surface area contributed by atoms with Crippen molar-refractivity contribution in [2.75, 3.05) is 5.33 Å². The minimum Gasteiger partial charge on any atom is -0.458 e. The number of aromatic amines is 1. The third kappa shape index (κ3) is 10.6. The summed E-state index contributed by atoms with van der Waals surface area (Å²) in [5, 5.41) is 35.8. The molecule has 2 atom stereocenters. The van der Waals surface area contributed by atoms with Gasteiger partial charge in [-0.25, -0.2) is 29.5 Å². The zero-order valence-electron chi connectivity index (χ0n) is 45.6. The molecule has 0 radical (unpaired) electrons. The number of nitrogens with one attached hydrogen (secondary N) is 1. The predicted octanol–water partition coefficient (Wildman–Crippen LogP) is 8.93. The van der Waals surface area contributed by atoms with Gasteiger partial charge in [0.1, 0.15) is 38.5 Å². The number of benzene rings is 2. The van der Waals surface area contributed by atoms with E-state index in [2.05, 4.69) is 79.5 Å². The van der Waals surface area contributed by atoms with Crippen molar-refractivity contribution in [2.45, 2.75) is 147 Å². The zero-order chi connectivity index (χ0) is 55.9. The van der Waals surface area contributed by atoms with Crippen molar-refractivity contribution in [3.8, 4) is 22.8 Å². The van der Waals surface area contributed by atoms with E-state index in [0.29, 0.717) is 46.7 Å². The quantitative estimate of drug-likeness (QED) is 0.0494. The van der Waals surface area contributed by atoms with Gasteiger partial charge < -0.3 is 28.8 Å². The Labute approximate surface area is 467 Å². The number of aryl methyl sites for hydroxylation is 3. The lowest BCUT2D eigenvalue weighted by Gasteiger charge is -2.31. The number of carbonyl (C=O) groups excluding carboxylic acids is 2. The van der Waals surface area contributed by atoms with Crippen molar-refractivity contribution < 1.29 is 29.3 Å². The van der Waals surface area contributed by atoms with E-state index < -0.39 is 39.3 Å². The molecule has 0 amide bonds. The van der Waals surface area contributed by atoms with Gasteiger partial charge in [-0.15, -0.1) is 0 Å². The highest BCUT2D eigenvalue weighted by molar-refractivity contribution is 9.09. The Morgan fingerprint density at radius 2 is 1.15 bits per heavy atom. The number of pyridine rings is 4. The minimum absolute atomic E-state index is 0.110. The number of halogens is 1. The molecule has 0 bridgehead atoms. The van der Waals surface area contributed by atoms with E-state index >= 15 is 0 Å². The summed E-state index contributed by atoms with van der Waals surface area (Å²) in [6.07, 6.45) is 10.7. The molecule has 2 aromatic carbocycles. The molecule has 4 aliphatic heterocycles. The summed E-state index contributed by atoms with van der Waals surface area (Å²) in [6, 6.07) is 24.7. The van der Waals surface area contributed by atoms with Crippen LogP contribution in [0.5, 0.6) is 0 Å². The Bertz CT molecular complexity index is 3720. The van der Waals surface area contributed by atoms with Crippen molar-refractivity contribution in [3.05, 3.63) is 151 Å².